The van der Waals surface area contributed by atoms with Gasteiger partial charge in [-0.2, -0.15) is 0 Å². The minimum atomic E-state index is -0.0819. The standard InChI is InChI=1S/C21H15ClN6O/c22-20-24-26-21(27-25-20)29-23-15-16-11-13-19(14-12-16)28(17-7-3-1-4-8-17)18-9-5-2-6-10-18/h1-15H/b23-15+. The average Bonchev–Trinajstić information content (AvgIpc) is 2.78. The van der Waals surface area contributed by atoms with E-state index in [9.17, 15) is 0 Å². The van der Waals surface area contributed by atoms with Gasteiger partial charge >= 0.3 is 6.01 Å². The molecule has 8 heteroatoms. The van der Waals surface area contributed by atoms with Crippen LogP contribution in [0.25, 0.3) is 0 Å². The molecule has 4 rings (SSSR count). The molecule has 0 saturated carbocycles. The predicted octanol–water partition coefficient (Wildman–Crippen LogP) is 4.80. The Kier molecular flexibility index (Phi) is 5.68. The predicted molar refractivity (Wildman–Crippen MR) is 112 cm³/mol. The quantitative estimate of drug-likeness (QED) is 0.340. The van der Waals surface area contributed by atoms with Crippen molar-refractivity contribution in [1.29, 1.82) is 0 Å². The molecule has 3 aromatic carbocycles. The van der Waals surface area contributed by atoms with Crippen molar-refractivity contribution in [2.45, 2.75) is 0 Å². The summed E-state index contributed by atoms with van der Waals surface area (Å²) in [5.74, 6) is 0. The highest BCUT2D eigenvalue weighted by molar-refractivity contribution is 6.28. The Balaban J connectivity index is 1.54. The van der Waals surface area contributed by atoms with Crippen molar-refractivity contribution in [2.75, 3.05) is 4.90 Å². The molecule has 0 aliphatic carbocycles. The van der Waals surface area contributed by atoms with Crippen molar-refractivity contribution >= 4 is 34.9 Å². The maximum atomic E-state index is 5.53. The molecule has 4 aromatic rings. The SMILES string of the molecule is Clc1nnc(O/N=C/c2ccc(N(c3ccccc3)c3ccccc3)cc2)nn1. The van der Waals surface area contributed by atoms with Crippen LogP contribution in [0.3, 0.4) is 0 Å². The van der Waals surface area contributed by atoms with E-state index in [1.165, 1.54) is 0 Å². The maximum Gasteiger partial charge on any atom is 0.383 e. The molecular weight excluding hydrogens is 388 g/mol. The lowest BCUT2D eigenvalue weighted by atomic mass is 10.1. The van der Waals surface area contributed by atoms with E-state index in [2.05, 4.69) is 54.7 Å². The van der Waals surface area contributed by atoms with Gasteiger partial charge in [-0.3, -0.25) is 0 Å². The Hall–Kier alpha value is -3.84. The molecule has 0 unspecified atom stereocenters. The van der Waals surface area contributed by atoms with Crippen LogP contribution in [0.2, 0.25) is 5.28 Å². The van der Waals surface area contributed by atoms with Crippen LogP contribution in [0.4, 0.5) is 17.1 Å². The second-order valence-corrected chi connectivity index (χ2v) is 6.21. The summed E-state index contributed by atoms with van der Waals surface area (Å²) < 4.78 is 0. The van der Waals surface area contributed by atoms with Gasteiger partial charge in [0.2, 0.25) is 0 Å². The molecule has 0 fully saturated rings. The molecule has 1 aromatic heterocycles. The summed E-state index contributed by atoms with van der Waals surface area (Å²) in [5, 5.41) is 18.1. The molecule has 1 heterocycles. The number of aromatic nitrogens is 4. The number of hydrogen-bond acceptors (Lipinski definition) is 7. The average molecular weight is 403 g/mol. The Morgan fingerprint density at radius 3 is 1.76 bits per heavy atom. The van der Waals surface area contributed by atoms with Gasteiger partial charge in [0, 0.05) is 17.1 Å². The zero-order chi connectivity index (χ0) is 19.9. The Labute approximate surface area is 172 Å². The van der Waals surface area contributed by atoms with Crippen molar-refractivity contribution in [2.24, 2.45) is 5.16 Å². The van der Waals surface area contributed by atoms with Crippen LogP contribution in [0.5, 0.6) is 6.01 Å². The highest BCUT2D eigenvalue weighted by atomic mass is 35.5. The van der Waals surface area contributed by atoms with Gasteiger partial charge in [0.1, 0.15) is 0 Å². The van der Waals surface area contributed by atoms with E-state index < -0.39 is 0 Å². The van der Waals surface area contributed by atoms with Crippen molar-refractivity contribution < 1.29 is 4.84 Å². The molecular formula is C21H15ClN6O. The summed E-state index contributed by atoms with van der Waals surface area (Å²) in [6.45, 7) is 0. The van der Waals surface area contributed by atoms with Gasteiger partial charge in [-0.25, -0.2) is 0 Å². The monoisotopic (exact) mass is 402 g/mol. The van der Waals surface area contributed by atoms with Gasteiger partial charge in [-0.15, -0.1) is 10.2 Å². The number of hydrogen-bond donors (Lipinski definition) is 0. The minimum absolute atomic E-state index is 0.0571. The van der Waals surface area contributed by atoms with Gasteiger partial charge in [0.25, 0.3) is 5.28 Å². The van der Waals surface area contributed by atoms with E-state index in [1.54, 1.807) is 6.21 Å². The van der Waals surface area contributed by atoms with Crippen molar-refractivity contribution in [1.82, 2.24) is 20.4 Å². The lowest BCUT2D eigenvalue weighted by Gasteiger charge is -2.25. The molecule has 0 N–H and O–H groups in total. The Bertz CT molecular complexity index is 1030. The first kappa shape index (κ1) is 18.5. The van der Waals surface area contributed by atoms with E-state index in [1.807, 2.05) is 60.7 Å². The molecule has 0 spiro atoms. The number of benzene rings is 3. The third kappa shape index (κ3) is 4.72. The van der Waals surface area contributed by atoms with E-state index in [4.69, 9.17) is 16.4 Å². The Morgan fingerprint density at radius 1 is 0.690 bits per heavy atom. The largest absolute Gasteiger partial charge is 0.383 e. The fourth-order valence-corrected chi connectivity index (χ4v) is 2.77. The Morgan fingerprint density at radius 2 is 1.21 bits per heavy atom. The van der Waals surface area contributed by atoms with Crippen molar-refractivity contribution in [3.63, 3.8) is 0 Å². The summed E-state index contributed by atoms with van der Waals surface area (Å²) in [7, 11) is 0. The molecule has 0 aliphatic rings. The molecule has 0 bridgehead atoms. The van der Waals surface area contributed by atoms with Crippen LogP contribution in [0.15, 0.2) is 90.1 Å². The van der Waals surface area contributed by atoms with Crippen LogP contribution < -0.4 is 9.74 Å². The maximum absolute atomic E-state index is 5.53. The molecule has 0 aliphatic heterocycles. The fourth-order valence-electron chi connectivity index (χ4n) is 2.69. The zero-order valence-electron chi connectivity index (χ0n) is 15.1. The van der Waals surface area contributed by atoms with Crippen LogP contribution >= 0.6 is 11.6 Å². The number of nitrogens with zero attached hydrogens (tertiary/aromatic N) is 6. The first-order chi connectivity index (χ1) is 14.3. The summed E-state index contributed by atoms with van der Waals surface area (Å²) in [5.41, 5.74) is 4.02. The van der Waals surface area contributed by atoms with Gasteiger partial charge in [-0.1, -0.05) is 63.9 Å². The first-order valence-electron chi connectivity index (χ1n) is 8.73. The highest BCUT2D eigenvalue weighted by Crippen LogP contribution is 2.33. The number of anilines is 3. The molecule has 0 saturated heterocycles. The van der Waals surface area contributed by atoms with Crippen LogP contribution in [0.1, 0.15) is 5.56 Å². The topological polar surface area (TPSA) is 76.4 Å². The highest BCUT2D eigenvalue weighted by Gasteiger charge is 2.11. The molecule has 0 amide bonds. The molecule has 7 nitrogen and oxygen atoms in total. The number of oxime groups is 1. The van der Waals surface area contributed by atoms with E-state index in [-0.39, 0.29) is 11.3 Å². The zero-order valence-corrected chi connectivity index (χ0v) is 15.9. The van der Waals surface area contributed by atoms with Crippen molar-refractivity contribution in [3.05, 3.63) is 95.8 Å². The molecule has 0 radical (unpaired) electrons. The molecule has 29 heavy (non-hydrogen) atoms. The van der Waals surface area contributed by atoms with E-state index in [0.29, 0.717) is 0 Å². The minimum Gasteiger partial charge on any atom is -0.312 e. The lowest BCUT2D eigenvalue weighted by molar-refractivity contribution is 0.304. The van der Waals surface area contributed by atoms with E-state index >= 15 is 0 Å². The fraction of sp³-hybridized carbons (Fsp3) is 0. The summed E-state index contributed by atoms with van der Waals surface area (Å²) in [6, 6.07) is 28.2. The number of rotatable bonds is 6. The van der Waals surface area contributed by atoms with Gasteiger partial charge < -0.3 is 9.74 Å². The van der Waals surface area contributed by atoms with Gasteiger partial charge in [0.15, 0.2) is 0 Å². The molecule has 142 valence electrons. The summed E-state index contributed by atoms with van der Waals surface area (Å²) >= 11 is 5.53. The van der Waals surface area contributed by atoms with Crippen molar-refractivity contribution in [3.8, 4) is 6.01 Å². The lowest BCUT2D eigenvalue weighted by Crippen LogP contribution is -2.09. The molecule has 0 atom stereocenters. The van der Waals surface area contributed by atoms with Crippen LogP contribution in [-0.2, 0) is 0 Å². The third-order valence-electron chi connectivity index (χ3n) is 3.95. The second-order valence-electron chi connectivity index (χ2n) is 5.88. The smallest absolute Gasteiger partial charge is 0.312 e. The van der Waals surface area contributed by atoms with Crippen LogP contribution in [0, 0.1) is 0 Å². The van der Waals surface area contributed by atoms with Crippen LogP contribution in [-0.4, -0.2) is 26.6 Å². The van der Waals surface area contributed by atoms with Gasteiger partial charge in [0.05, 0.1) is 6.21 Å². The summed E-state index contributed by atoms with van der Waals surface area (Å²) in [4.78, 5) is 7.21. The third-order valence-corrected chi connectivity index (χ3v) is 4.10. The number of para-hydroxylation sites is 2. The number of halogens is 1. The van der Waals surface area contributed by atoms with Gasteiger partial charge in [-0.05, 0) is 53.6 Å². The normalized spacial score (nSPS) is 10.8. The second kappa shape index (κ2) is 8.90. The van der Waals surface area contributed by atoms with E-state index in [0.717, 1.165) is 22.6 Å². The summed E-state index contributed by atoms with van der Waals surface area (Å²) in [6.07, 6.45) is 1.55. The first-order valence-corrected chi connectivity index (χ1v) is 9.11.